The highest BCUT2D eigenvalue weighted by atomic mass is 32.1. The van der Waals surface area contributed by atoms with Crippen LogP contribution in [0.25, 0.3) is 16.6 Å². The number of aromatic amines is 1. The number of anilines is 2. The monoisotopic (exact) mass is 497 g/mol. The van der Waals surface area contributed by atoms with Crippen molar-refractivity contribution < 1.29 is 19.1 Å². The molecule has 0 saturated heterocycles. The molecule has 0 fully saturated rings. The Labute approximate surface area is 201 Å². The van der Waals surface area contributed by atoms with Crippen molar-refractivity contribution in [2.45, 2.75) is 13.0 Å². The van der Waals surface area contributed by atoms with E-state index in [2.05, 4.69) is 20.9 Å². The van der Waals surface area contributed by atoms with E-state index in [0.29, 0.717) is 10.6 Å². The molecule has 2 aromatic heterocycles. The third kappa shape index (κ3) is 4.77. The zero-order valence-corrected chi connectivity index (χ0v) is 19.3. The standard InChI is InChI=1S/C23H20FN5O5S/c1-11-3-8-18(35-11)19(21(31)32)28-22(33)26-12-4-6-13(7-5-12)29-20(30)14-9-15(24)17(25-2)10-16(14)27-23(29)34/h3-10,19,25H,1-2H3,(H,27,34)(H,31,32)(H2,26,28,33). The van der Waals surface area contributed by atoms with Crippen molar-refractivity contribution in [1.82, 2.24) is 14.9 Å². The summed E-state index contributed by atoms with van der Waals surface area (Å²) in [6, 6.07) is 9.56. The molecule has 0 saturated carbocycles. The number of benzene rings is 2. The van der Waals surface area contributed by atoms with Gasteiger partial charge in [-0.3, -0.25) is 4.79 Å². The lowest BCUT2D eigenvalue weighted by molar-refractivity contribution is -0.139. The quantitative estimate of drug-likeness (QED) is 0.277. The van der Waals surface area contributed by atoms with Crippen molar-refractivity contribution in [1.29, 1.82) is 0 Å². The van der Waals surface area contributed by atoms with Crippen molar-refractivity contribution in [3.05, 3.63) is 84.9 Å². The number of aryl methyl sites for hydroxylation is 1. The number of nitrogens with one attached hydrogen (secondary N) is 4. The number of aliphatic carboxylic acids is 1. The third-order valence-corrected chi connectivity index (χ3v) is 6.27. The molecule has 35 heavy (non-hydrogen) atoms. The van der Waals surface area contributed by atoms with E-state index in [1.807, 2.05) is 6.92 Å². The highest BCUT2D eigenvalue weighted by Gasteiger charge is 2.23. The summed E-state index contributed by atoms with van der Waals surface area (Å²) in [6.45, 7) is 1.83. The maximum absolute atomic E-state index is 14.2. The maximum Gasteiger partial charge on any atom is 0.333 e. The lowest BCUT2D eigenvalue weighted by Crippen LogP contribution is -2.36. The number of H-pyrrole nitrogens is 1. The lowest BCUT2D eigenvalue weighted by Gasteiger charge is -2.14. The minimum Gasteiger partial charge on any atom is -0.479 e. The highest BCUT2D eigenvalue weighted by Crippen LogP contribution is 2.23. The summed E-state index contributed by atoms with van der Waals surface area (Å²) >= 11 is 1.26. The summed E-state index contributed by atoms with van der Waals surface area (Å²) in [6.07, 6.45) is 0. The molecule has 0 aliphatic rings. The van der Waals surface area contributed by atoms with Crippen LogP contribution in [0.5, 0.6) is 0 Å². The van der Waals surface area contributed by atoms with Gasteiger partial charge in [0.2, 0.25) is 0 Å². The molecule has 1 unspecified atom stereocenters. The van der Waals surface area contributed by atoms with Crippen LogP contribution in [0.2, 0.25) is 0 Å². The Bertz CT molecular complexity index is 1560. The molecular formula is C23H20FN5O5S. The molecule has 0 aliphatic carbocycles. The van der Waals surface area contributed by atoms with E-state index >= 15 is 0 Å². The number of thiophene rings is 1. The van der Waals surface area contributed by atoms with E-state index in [0.717, 1.165) is 15.5 Å². The summed E-state index contributed by atoms with van der Waals surface area (Å²) in [7, 11) is 1.52. The predicted molar refractivity (Wildman–Crippen MR) is 131 cm³/mol. The number of rotatable bonds is 6. The van der Waals surface area contributed by atoms with Crippen molar-refractivity contribution in [3.63, 3.8) is 0 Å². The summed E-state index contributed by atoms with van der Waals surface area (Å²) in [5.41, 5.74) is -0.610. The number of hydrogen-bond donors (Lipinski definition) is 5. The number of hydrogen-bond acceptors (Lipinski definition) is 6. The Morgan fingerprint density at radius 1 is 1.11 bits per heavy atom. The number of carboxylic acids is 1. The van der Waals surface area contributed by atoms with E-state index < -0.39 is 35.1 Å². The Morgan fingerprint density at radius 2 is 1.83 bits per heavy atom. The number of halogens is 1. The van der Waals surface area contributed by atoms with Gasteiger partial charge in [-0.2, -0.15) is 0 Å². The first-order chi connectivity index (χ1) is 16.7. The normalized spacial score (nSPS) is 11.7. The van der Waals surface area contributed by atoms with Gasteiger partial charge in [0.25, 0.3) is 5.56 Å². The van der Waals surface area contributed by atoms with Crippen LogP contribution in [0, 0.1) is 12.7 Å². The maximum atomic E-state index is 14.2. The molecule has 2 aromatic carbocycles. The average Bonchev–Trinajstić information content (AvgIpc) is 3.24. The van der Waals surface area contributed by atoms with Crippen molar-refractivity contribution in [2.75, 3.05) is 17.7 Å². The fourth-order valence-electron chi connectivity index (χ4n) is 3.52. The van der Waals surface area contributed by atoms with E-state index in [1.165, 1.54) is 48.7 Å². The van der Waals surface area contributed by atoms with Crippen LogP contribution in [0.15, 0.2) is 58.1 Å². The summed E-state index contributed by atoms with van der Waals surface area (Å²) in [4.78, 5) is 53.4. The second-order valence-electron chi connectivity index (χ2n) is 7.56. The van der Waals surface area contributed by atoms with E-state index in [-0.39, 0.29) is 22.3 Å². The van der Waals surface area contributed by atoms with Gasteiger partial charge in [0, 0.05) is 22.5 Å². The van der Waals surface area contributed by atoms with Crippen molar-refractivity contribution in [2.24, 2.45) is 0 Å². The zero-order valence-electron chi connectivity index (χ0n) is 18.5. The molecule has 0 bridgehead atoms. The number of carbonyl (C=O) groups excluding carboxylic acids is 1. The van der Waals surface area contributed by atoms with Crippen molar-refractivity contribution >= 4 is 45.6 Å². The average molecular weight is 498 g/mol. The predicted octanol–water partition coefficient (Wildman–Crippen LogP) is 3.18. The molecule has 0 aliphatic heterocycles. The number of amides is 2. The van der Waals surface area contributed by atoms with Gasteiger partial charge in [0.15, 0.2) is 6.04 Å². The molecular weight excluding hydrogens is 477 g/mol. The van der Waals surface area contributed by atoms with Crippen LogP contribution < -0.4 is 27.2 Å². The topological polar surface area (TPSA) is 145 Å². The fourth-order valence-corrected chi connectivity index (χ4v) is 4.44. The van der Waals surface area contributed by atoms with Gasteiger partial charge < -0.3 is 26.0 Å². The van der Waals surface area contributed by atoms with Crippen LogP contribution in [-0.4, -0.2) is 33.7 Å². The third-order valence-electron chi connectivity index (χ3n) is 5.21. The number of urea groups is 1. The summed E-state index contributed by atoms with van der Waals surface area (Å²) in [5, 5.41) is 17.0. The van der Waals surface area contributed by atoms with Gasteiger partial charge in [0.1, 0.15) is 5.82 Å². The minimum atomic E-state index is -1.22. The molecule has 1 atom stereocenters. The molecule has 12 heteroatoms. The molecule has 4 rings (SSSR count). The Balaban J connectivity index is 1.57. The number of nitrogens with zero attached hydrogens (tertiary/aromatic N) is 1. The molecule has 2 amide bonds. The number of aromatic nitrogens is 2. The number of carbonyl (C=O) groups is 2. The fraction of sp³-hybridized carbons (Fsp3) is 0.130. The smallest absolute Gasteiger partial charge is 0.333 e. The van der Waals surface area contributed by atoms with Gasteiger partial charge in [0.05, 0.1) is 22.3 Å². The van der Waals surface area contributed by atoms with E-state index in [4.69, 9.17) is 0 Å². The van der Waals surface area contributed by atoms with Crippen LogP contribution in [0.4, 0.5) is 20.6 Å². The van der Waals surface area contributed by atoms with E-state index in [9.17, 15) is 28.7 Å². The van der Waals surface area contributed by atoms with Gasteiger partial charge in [-0.15, -0.1) is 11.3 Å². The molecule has 5 N–H and O–H groups in total. The SMILES string of the molecule is CNc1cc2[nH]c(=O)n(-c3ccc(NC(=O)NC(C(=O)O)c4ccc(C)s4)cc3)c(=O)c2cc1F. The largest absolute Gasteiger partial charge is 0.479 e. The molecule has 10 nitrogen and oxygen atoms in total. The van der Waals surface area contributed by atoms with Gasteiger partial charge in [-0.25, -0.2) is 23.3 Å². The van der Waals surface area contributed by atoms with Gasteiger partial charge >= 0.3 is 17.7 Å². The Hall–Kier alpha value is -4.45. The lowest BCUT2D eigenvalue weighted by atomic mass is 10.2. The first kappa shape index (κ1) is 23.7. The number of carboxylic acid groups (broad SMARTS) is 1. The van der Waals surface area contributed by atoms with E-state index in [1.54, 1.807) is 12.1 Å². The first-order valence-electron chi connectivity index (χ1n) is 10.3. The van der Waals surface area contributed by atoms with Crippen molar-refractivity contribution in [3.8, 4) is 5.69 Å². The number of fused-ring (bicyclic) bond motifs is 1. The Morgan fingerprint density at radius 3 is 2.43 bits per heavy atom. The molecule has 0 radical (unpaired) electrons. The van der Waals surface area contributed by atoms with Gasteiger partial charge in [-0.1, -0.05) is 0 Å². The zero-order chi connectivity index (χ0) is 25.3. The van der Waals surface area contributed by atoms with Crippen LogP contribution in [0.1, 0.15) is 15.8 Å². The van der Waals surface area contributed by atoms with Crippen LogP contribution in [0.3, 0.4) is 0 Å². The second kappa shape index (κ2) is 9.43. The molecule has 2 heterocycles. The second-order valence-corrected chi connectivity index (χ2v) is 8.88. The van der Waals surface area contributed by atoms with Gasteiger partial charge in [-0.05, 0) is 55.5 Å². The summed E-state index contributed by atoms with van der Waals surface area (Å²) in [5.74, 6) is -1.84. The van der Waals surface area contributed by atoms with Crippen LogP contribution in [-0.2, 0) is 4.79 Å². The highest BCUT2D eigenvalue weighted by molar-refractivity contribution is 7.12. The molecule has 4 aromatic rings. The van der Waals surface area contributed by atoms with Crippen LogP contribution >= 0.6 is 11.3 Å². The summed E-state index contributed by atoms with van der Waals surface area (Å²) < 4.78 is 15.0. The molecule has 180 valence electrons. The molecule has 0 spiro atoms. The first-order valence-corrected chi connectivity index (χ1v) is 11.1. The Kier molecular flexibility index (Phi) is 6.38. The minimum absolute atomic E-state index is 0.00814.